The highest BCUT2D eigenvalue weighted by molar-refractivity contribution is 7.23. The molecule has 0 aliphatic carbocycles. The van der Waals surface area contributed by atoms with Crippen molar-refractivity contribution < 1.29 is 22.7 Å². The molecular weight excluding hydrogens is 738 g/mol. The van der Waals surface area contributed by atoms with E-state index in [1.807, 2.05) is 11.0 Å². The molecule has 3 aromatic heterocycles. The number of nitrogens with two attached hydrogens (primary N) is 1. The van der Waals surface area contributed by atoms with Gasteiger partial charge in [0, 0.05) is 56.5 Å². The van der Waals surface area contributed by atoms with Crippen molar-refractivity contribution in [1.29, 1.82) is 5.26 Å². The first-order valence-corrected chi connectivity index (χ1v) is 18.3. The third-order valence-corrected chi connectivity index (χ3v) is 12.0. The van der Waals surface area contributed by atoms with E-state index >= 15 is 4.39 Å². The molecule has 5 aromatic rings. The molecule has 2 aromatic carbocycles. The molecule has 0 saturated carbocycles. The number of aromatic nitrogens is 4. The first-order valence-electron chi connectivity index (χ1n) is 16.7. The van der Waals surface area contributed by atoms with Crippen LogP contribution in [0.15, 0.2) is 18.2 Å². The van der Waals surface area contributed by atoms with Gasteiger partial charge in [-0.25, -0.2) is 13.2 Å². The topological polar surface area (TPSA) is 129 Å². The summed E-state index contributed by atoms with van der Waals surface area (Å²) in [6, 6.07) is 5.99. The second-order valence-electron chi connectivity index (χ2n) is 13.7. The lowest BCUT2D eigenvalue weighted by atomic mass is 9.95. The first kappa shape index (κ1) is 34.7. The number of benzene rings is 2. The molecule has 0 radical (unpaired) electrons. The third kappa shape index (κ3) is 5.50. The SMILES string of the molecule is CN(C)C(=O)c1nn2c(c1Cl)CN(c1nc(OC[C@@]34CCCN3C[C@H](F)C4)nc3c(F)c(-c4ccc(F)c5sc(N)c(C#N)c45)c(Cl)cc13)CCC2. The first-order chi connectivity index (χ1) is 24.9. The van der Waals surface area contributed by atoms with Gasteiger partial charge in [-0.15, -0.1) is 11.3 Å². The van der Waals surface area contributed by atoms with E-state index in [1.165, 1.54) is 23.1 Å². The zero-order valence-electron chi connectivity index (χ0n) is 28.2. The molecule has 2 atom stereocenters. The molecule has 3 aliphatic rings. The van der Waals surface area contributed by atoms with E-state index in [9.17, 15) is 18.8 Å². The molecule has 2 saturated heterocycles. The minimum absolute atomic E-state index is 0.0192. The number of nitrogen functional groups attached to an aromatic ring is 1. The lowest BCUT2D eigenvalue weighted by Crippen LogP contribution is -2.43. The van der Waals surface area contributed by atoms with Gasteiger partial charge in [-0.05, 0) is 43.5 Å². The van der Waals surface area contributed by atoms with Crippen molar-refractivity contribution in [3.05, 3.63) is 56.8 Å². The summed E-state index contributed by atoms with van der Waals surface area (Å²) in [6.07, 6.45) is 1.57. The standard InChI is InChI=1S/C35H32Cl2F3N9O2S/c1-46(2)33(50)29-26(37)23-15-47(8-4-10-49(23)45-29)32-19-11-21(36)25(18-5-6-22(39)30-24(18)20(13-41)31(42)52-30)27(40)28(19)43-34(44-32)51-16-35-7-3-9-48(35)14-17(38)12-35/h5-6,11,17H,3-4,7-10,12,14-16,42H2,1-2H3/t17-,35+/m1/s1. The maximum absolute atomic E-state index is 17.2. The molecule has 3 aliphatic heterocycles. The van der Waals surface area contributed by atoms with Crippen LogP contribution in [0.2, 0.25) is 10.0 Å². The monoisotopic (exact) mass is 769 g/mol. The van der Waals surface area contributed by atoms with Gasteiger partial charge in [0.25, 0.3) is 5.91 Å². The average Bonchev–Trinajstić information content (AvgIpc) is 3.79. The van der Waals surface area contributed by atoms with Crippen molar-refractivity contribution in [1.82, 2.24) is 29.5 Å². The van der Waals surface area contributed by atoms with E-state index < -0.39 is 23.3 Å². The molecule has 11 nitrogen and oxygen atoms in total. The number of halogens is 5. The normalized spacial score (nSPS) is 20.3. The number of anilines is 2. The number of nitriles is 1. The Labute approximate surface area is 310 Å². The molecule has 17 heteroatoms. The van der Waals surface area contributed by atoms with Crippen LogP contribution in [-0.2, 0) is 13.1 Å². The number of thiophene rings is 1. The lowest BCUT2D eigenvalue weighted by Gasteiger charge is -2.31. The Balaban J connectivity index is 1.29. The fourth-order valence-corrected chi connectivity index (χ4v) is 9.40. The van der Waals surface area contributed by atoms with Crippen molar-refractivity contribution in [2.75, 3.05) is 51.0 Å². The van der Waals surface area contributed by atoms with E-state index in [0.717, 1.165) is 30.7 Å². The molecule has 1 amide bonds. The molecule has 8 rings (SSSR count). The van der Waals surface area contributed by atoms with Crippen LogP contribution < -0.4 is 15.4 Å². The van der Waals surface area contributed by atoms with Gasteiger partial charge >= 0.3 is 6.01 Å². The van der Waals surface area contributed by atoms with Crippen LogP contribution in [0.4, 0.5) is 24.0 Å². The molecule has 6 heterocycles. The van der Waals surface area contributed by atoms with E-state index in [2.05, 4.69) is 15.0 Å². The number of hydrogen-bond acceptors (Lipinski definition) is 10. The lowest BCUT2D eigenvalue weighted by molar-refractivity contribution is 0.0821. The third-order valence-electron chi connectivity index (χ3n) is 10.3. The maximum atomic E-state index is 17.2. The quantitative estimate of drug-likeness (QED) is 0.198. The van der Waals surface area contributed by atoms with Gasteiger partial charge in [-0.3, -0.25) is 14.4 Å². The van der Waals surface area contributed by atoms with Crippen molar-refractivity contribution in [2.24, 2.45) is 0 Å². The number of fused-ring (bicyclic) bond motifs is 4. The minimum atomic E-state index is -0.980. The molecule has 2 fully saturated rings. The molecule has 270 valence electrons. The molecular formula is C35H32Cl2F3N9O2S. The summed E-state index contributed by atoms with van der Waals surface area (Å²) in [5, 5.41) is 15.1. The summed E-state index contributed by atoms with van der Waals surface area (Å²) >= 11 is 14.6. The van der Waals surface area contributed by atoms with Gasteiger partial charge in [-0.2, -0.15) is 20.3 Å². The number of amides is 1. The number of carbonyl (C=O) groups is 1. The Morgan fingerprint density at radius 1 is 1.21 bits per heavy atom. The summed E-state index contributed by atoms with van der Waals surface area (Å²) in [5.74, 6) is -1.48. The number of nitrogens with zero attached hydrogens (tertiary/aromatic N) is 8. The summed E-state index contributed by atoms with van der Waals surface area (Å²) in [4.78, 5) is 27.6. The Morgan fingerprint density at radius 2 is 2.02 bits per heavy atom. The number of rotatable bonds is 6. The number of hydrogen-bond donors (Lipinski definition) is 1. The van der Waals surface area contributed by atoms with Gasteiger partial charge in [0.05, 0.1) is 38.1 Å². The number of alkyl halides is 1. The molecule has 52 heavy (non-hydrogen) atoms. The number of ether oxygens (including phenoxy) is 1. The van der Waals surface area contributed by atoms with Crippen molar-refractivity contribution in [3.63, 3.8) is 0 Å². The van der Waals surface area contributed by atoms with Crippen LogP contribution in [-0.4, -0.2) is 87.5 Å². The fraction of sp³-hybridized carbons (Fsp3) is 0.400. The van der Waals surface area contributed by atoms with Crippen molar-refractivity contribution in [3.8, 4) is 23.2 Å². The highest BCUT2D eigenvalue weighted by Crippen LogP contribution is 2.46. The van der Waals surface area contributed by atoms with E-state index in [1.54, 1.807) is 18.8 Å². The zero-order valence-corrected chi connectivity index (χ0v) is 30.5. The van der Waals surface area contributed by atoms with E-state index in [0.29, 0.717) is 44.0 Å². The Kier molecular flexibility index (Phi) is 8.64. The fourth-order valence-electron chi connectivity index (χ4n) is 7.88. The predicted molar refractivity (Wildman–Crippen MR) is 194 cm³/mol. The van der Waals surface area contributed by atoms with E-state index in [-0.39, 0.29) is 83.5 Å². The van der Waals surface area contributed by atoms with Crippen LogP contribution in [0.25, 0.3) is 32.1 Å². The van der Waals surface area contributed by atoms with Gasteiger partial charge in [0.15, 0.2) is 11.5 Å². The summed E-state index contributed by atoms with van der Waals surface area (Å²) in [6.45, 7) is 2.27. The molecule has 0 bridgehead atoms. The highest BCUT2D eigenvalue weighted by Gasteiger charge is 2.49. The number of aryl methyl sites for hydroxylation is 1. The second kappa shape index (κ2) is 12.9. The zero-order chi connectivity index (χ0) is 36.6. The van der Waals surface area contributed by atoms with Gasteiger partial charge in [0.1, 0.15) is 41.0 Å². The van der Waals surface area contributed by atoms with Crippen LogP contribution in [0.1, 0.15) is 47.4 Å². The maximum Gasteiger partial charge on any atom is 0.319 e. The van der Waals surface area contributed by atoms with Gasteiger partial charge < -0.3 is 20.3 Å². The van der Waals surface area contributed by atoms with Gasteiger partial charge in [-0.1, -0.05) is 29.3 Å². The van der Waals surface area contributed by atoms with Gasteiger partial charge in [0.2, 0.25) is 0 Å². The summed E-state index contributed by atoms with van der Waals surface area (Å²) < 4.78 is 54.8. The van der Waals surface area contributed by atoms with Crippen LogP contribution in [0.3, 0.4) is 0 Å². The van der Waals surface area contributed by atoms with Crippen LogP contribution in [0, 0.1) is 23.0 Å². The largest absolute Gasteiger partial charge is 0.461 e. The smallest absolute Gasteiger partial charge is 0.319 e. The second-order valence-corrected chi connectivity index (χ2v) is 15.5. The molecule has 0 unspecified atom stereocenters. The Bertz CT molecular complexity index is 2340. The van der Waals surface area contributed by atoms with Crippen LogP contribution >= 0.6 is 34.5 Å². The van der Waals surface area contributed by atoms with E-state index in [4.69, 9.17) is 38.7 Å². The molecule has 0 spiro atoms. The summed E-state index contributed by atoms with van der Waals surface area (Å²) in [5.41, 5.74) is 6.25. The summed E-state index contributed by atoms with van der Waals surface area (Å²) in [7, 11) is 3.23. The predicted octanol–water partition coefficient (Wildman–Crippen LogP) is 6.81. The minimum Gasteiger partial charge on any atom is -0.461 e. The van der Waals surface area contributed by atoms with Crippen molar-refractivity contribution in [2.45, 2.75) is 50.5 Å². The average molecular weight is 771 g/mol. The van der Waals surface area contributed by atoms with Crippen LogP contribution in [0.5, 0.6) is 6.01 Å². The Morgan fingerprint density at radius 3 is 2.79 bits per heavy atom. The Hall–Kier alpha value is -4.36. The highest BCUT2D eigenvalue weighted by atomic mass is 35.5. The number of carbonyl (C=O) groups excluding carboxylic acids is 1. The molecule has 2 N–H and O–H groups in total. The van der Waals surface area contributed by atoms with Crippen molar-refractivity contribution >= 4 is 72.3 Å².